The Balaban J connectivity index is 2.64. The third-order valence-corrected chi connectivity index (χ3v) is 3.57. The quantitative estimate of drug-likeness (QED) is 0.429. The zero-order chi connectivity index (χ0) is 12.2. The molecule has 0 N–H and O–H groups in total. The molecule has 4 heteroatoms. The van der Waals surface area contributed by atoms with E-state index in [9.17, 15) is 0 Å². The Hall–Kier alpha value is -0.823. The van der Waals surface area contributed by atoms with Crippen molar-refractivity contribution in [3.63, 3.8) is 0 Å². The van der Waals surface area contributed by atoms with Gasteiger partial charge in [-0.05, 0) is 39.4 Å². The van der Waals surface area contributed by atoms with Gasteiger partial charge in [-0.25, -0.2) is 0 Å². The number of hydrogen-bond donors (Lipinski definition) is 0. The maximum Gasteiger partial charge on any atom is 0.278 e. The molecule has 1 aliphatic rings. The van der Waals surface area contributed by atoms with Crippen molar-refractivity contribution in [2.45, 2.75) is 52.2 Å². The molecule has 1 rings (SSSR count). The van der Waals surface area contributed by atoms with Crippen LogP contribution in [0.5, 0.6) is 0 Å². The Labute approximate surface area is 99.6 Å². The minimum atomic E-state index is -1.59. The lowest BCUT2D eigenvalue weighted by atomic mass is 9.78. The van der Waals surface area contributed by atoms with Crippen LogP contribution in [0.25, 0.3) is 0 Å². The molecule has 0 heterocycles. The molecule has 2 atom stereocenters. The number of nitriles is 1. The first-order valence-corrected chi connectivity index (χ1v) is 9.47. The molecular weight excluding hydrogens is 216 g/mol. The third-order valence-electron chi connectivity index (χ3n) is 2.93. The van der Waals surface area contributed by atoms with Gasteiger partial charge in [-0.3, -0.25) is 0 Å². The Kier molecular flexibility index (Phi) is 4.54. The lowest BCUT2D eigenvalue weighted by molar-refractivity contribution is 0.313. The van der Waals surface area contributed by atoms with E-state index in [1.54, 1.807) is 0 Å². The van der Waals surface area contributed by atoms with Crippen molar-refractivity contribution in [1.29, 1.82) is 5.26 Å². The van der Waals surface area contributed by atoms with Crippen LogP contribution in [0.3, 0.4) is 0 Å². The highest BCUT2D eigenvalue weighted by Crippen LogP contribution is 2.30. The Morgan fingerprint density at radius 3 is 2.50 bits per heavy atom. The van der Waals surface area contributed by atoms with E-state index in [2.05, 4.69) is 30.9 Å². The molecule has 3 nitrogen and oxygen atoms in total. The van der Waals surface area contributed by atoms with Gasteiger partial charge in [0.1, 0.15) is 0 Å². The van der Waals surface area contributed by atoms with Gasteiger partial charge in [0.15, 0.2) is 0 Å². The van der Waals surface area contributed by atoms with E-state index in [-0.39, 0.29) is 5.92 Å². The second-order valence-corrected chi connectivity index (χ2v) is 9.97. The SMILES string of the molecule is C/C(=N\O[Si](C)(C)C)C1CCCCC1C#N. The molecule has 2 unspecified atom stereocenters. The molecule has 0 bridgehead atoms. The lowest BCUT2D eigenvalue weighted by Gasteiger charge is -2.26. The smallest absolute Gasteiger partial charge is 0.278 e. The first-order chi connectivity index (χ1) is 7.44. The molecule has 0 aliphatic heterocycles. The Bertz CT molecular complexity index is 301. The normalized spacial score (nSPS) is 27.3. The minimum absolute atomic E-state index is 0.141. The molecule has 0 spiro atoms. The number of oxime groups is 1. The molecule has 16 heavy (non-hydrogen) atoms. The highest BCUT2D eigenvalue weighted by molar-refractivity contribution is 6.69. The standard InChI is InChI=1S/C12H22N2OSi/c1-10(14-15-16(2,3)4)12-8-6-5-7-11(12)9-13/h11-12H,5-8H2,1-4H3/b14-10+. The topological polar surface area (TPSA) is 45.4 Å². The van der Waals surface area contributed by atoms with Crippen LogP contribution < -0.4 is 0 Å². The van der Waals surface area contributed by atoms with Gasteiger partial charge in [0.25, 0.3) is 8.32 Å². The number of rotatable bonds is 3. The summed E-state index contributed by atoms with van der Waals surface area (Å²) in [5, 5.41) is 13.3. The maximum absolute atomic E-state index is 9.10. The zero-order valence-electron chi connectivity index (χ0n) is 10.8. The molecule has 1 saturated carbocycles. The first kappa shape index (κ1) is 13.2. The largest absolute Gasteiger partial charge is 0.456 e. The average molecular weight is 238 g/mol. The predicted octanol–water partition coefficient (Wildman–Crippen LogP) is 3.54. The van der Waals surface area contributed by atoms with Crippen LogP contribution in [-0.4, -0.2) is 14.0 Å². The number of hydrogen-bond acceptors (Lipinski definition) is 3. The third kappa shape index (κ3) is 3.97. The summed E-state index contributed by atoms with van der Waals surface area (Å²) < 4.78 is 5.55. The zero-order valence-corrected chi connectivity index (χ0v) is 11.8. The summed E-state index contributed by atoms with van der Waals surface area (Å²) in [6.45, 7) is 8.35. The second kappa shape index (κ2) is 5.49. The molecular formula is C12H22N2OSi. The molecule has 0 aromatic heterocycles. The molecule has 1 fully saturated rings. The fraction of sp³-hybridized carbons (Fsp3) is 0.833. The highest BCUT2D eigenvalue weighted by Gasteiger charge is 2.28. The van der Waals surface area contributed by atoms with Gasteiger partial charge in [-0.2, -0.15) is 5.26 Å². The van der Waals surface area contributed by atoms with E-state index in [1.807, 2.05) is 6.92 Å². The minimum Gasteiger partial charge on any atom is -0.456 e. The van der Waals surface area contributed by atoms with Crippen molar-refractivity contribution < 1.29 is 4.53 Å². The van der Waals surface area contributed by atoms with E-state index in [1.165, 1.54) is 12.8 Å². The summed E-state index contributed by atoms with van der Waals surface area (Å²) in [5.74, 6) is 0.456. The van der Waals surface area contributed by atoms with Crippen molar-refractivity contribution in [2.75, 3.05) is 0 Å². The van der Waals surface area contributed by atoms with Crippen molar-refractivity contribution >= 4 is 14.0 Å². The van der Waals surface area contributed by atoms with Gasteiger partial charge in [0, 0.05) is 5.92 Å². The summed E-state index contributed by atoms with van der Waals surface area (Å²) in [5.41, 5.74) is 1.01. The van der Waals surface area contributed by atoms with Crippen molar-refractivity contribution in [3.8, 4) is 6.07 Å². The van der Waals surface area contributed by atoms with Crippen LogP contribution in [0.15, 0.2) is 5.16 Å². The van der Waals surface area contributed by atoms with Gasteiger partial charge < -0.3 is 4.53 Å². The van der Waals surface area contributed by atoms with Crippen LogP contribution >= 0.6 is 0 Å². The van der Waals surface area contributed by atoms with E-state index in [0.717, 1.165) is 18.6 Å². The monoisotopic (exact) mass is 238 g/mol. The van der Waals surface area contributed by atoms with Crippen LogP contribution in [0.1, 0.15) is 32.6 Å². The van der Waals surface area contributed by atoms with E-state index >= 15 is 0 Å². The van der Waals surface area contributed by atoms with Gasteiger partial charge in [-0.15, -0.1) is 5.16 Å². The summed E-state index contributed by atoms with van der Waals surface area (Å²) in [6, 6.07) is 2.41. The molecule has 0 aromatic carbocycles. The molecule has 0 saturated heterocycles. The summed E-state index contributed by atoms with van der Waals surface area (Å²) in [4.78, 5) is 0. The predicted molar refractivity (Wildman–Crippen MR) is 68.6 cm³/mol. The summed E-state index contributed by atoms with van der Waals surface area (Å²) in [7, 11) is -1.59. The van der Waals surface area contributed by atoms with Gasteiger partial charge in [0.05, 0.1) is 17.7 Å². The molecule has 0 amide bonds. The fourth-order valence-corrected chi connectivity index (χ4v) is 2.48. The summed E-state index contributed by atoms with van der Waals surface area (Å²) >= 11 is 0. The fourth-order valence-electron chi connectivity index (χ4n) is 2.06. The van der Waals surface area contributed by atoms with Crippen molar-refractivity contribution in [2.24, 2.45) is 17.0 Å². The van der Waals surface area contributed by atoms with Crippen LogP contribution in [0, 0.1) is 23.2 Å². The van der Waals surface area contributed by atoms with Crippen molar-refractivity contribution in [3.05, 3.63) is 0 Å². The Morgan fingerprint density at radius 1 is 1.31 bits per heavy atom. The van der Waals surface area contributed by atoms with Crippen molar-refractivity contribution in [1.82, 2.24) is 0 Å². The second-order valence-electron chi connectivity index (χ2n) is 5.56. The molecule has 90 valence electrons. The van der Waals surface area contributed by atoms with Gasteiger partial charge in [0.2, 0.25) is 0 Å². The highest BCUT2D eigenvalue weighted by atomic mass is 28.4. The summed E-state index contributed by atoms with van der Waals surface area (Å²) in [6.07, 6.45) is 4.49. The van der Waals surface area contributed by atoms with Gasteiger partial charge >= 0.3 is 0 Å². The molecule has 0 aromatic rings. The maximum atomic E-state index is 9.10. The first-order valence-electron chi connectivity index (χ1n) is 6.06. The lowest BCUT2D eigenvalue weighted by Crippen LogP contribution is -2.27. The van der Waals surface area contributed by atoms with Crippen LogP contribution in [-0.2, 0) is 4.53 Å². The van der Waals surface area contributed by atoms with E-state index in [0.29, 0.717) is 5.92 Å². The number of nitrogens with zero attached hydrogens (tertiary/aromatic N) is 2. The van der Waals surface area contributed by atoms with Crippen LogP contribution in [0.4, 0.5) is 0 Å². The molecule has 0 radical (unpaired) electrons. The van der Waals surface area contributed by atoms with Gasteiger partial charge in [-0.1, -0.05) is 12.8 Å². The van der Waals surface area contributed by atoms with E-state index in [4.69, 9.17) is 9.79 Å². The average Bonchev–Trinajstić information content (AvgIpc) is 2.25. The Morgan fingerprint density at radius 2 is 1.94 bits per heavy atom. The van der Waals surface area contributed by atoms with Crippen LogP contribution in [0.2, 0.25) is 19.6 Å². The molecule has 1 aliphatic carbocycles. The van der Waals surface area contributed by atoms with E-state index < -0.39 is 8.32 Å².